The Hall–Kier alpha value is -1.29. The van der Waals surface area contributed by atoms with Crippen molar-refractivity contribution in [2.45, 2.75) is 13.8 Å². The van der Waals surface area contributed by atoms with Crippen LogP contribution in [0.5, 0.6) is 5.75 Å². The number of ether oxygens (including phenoxy) is 1. The molecule has 0 spiro atoms. The molecule has 0 atom stereocenters. The highest BCUT2D eigenvalue weighted by atomic mass is 79.9. The second-order valence-electron chi connectivity index (χ2n) is 3.51. The Kier molecular flexibility index (Phi) is 3.01. The molecule has 16 heavy (non-hydrogen) atoms. The minimum atomic E-state index is 0.637. The lowest BCUT2D eigenvalue weighted by molar-refractivity contribution is 0.412. The Balaban J connectivity index is 2.45. The Morgan fingerprint density at radius 2 is 2.06 bits per heavy atom. The zero-order valence-corrected chi connectivity index (χ0v) is 11.0. The zero-order chi connectivity index (χ0) is 11.7. The number of rotatable bonds is 2. The first-order chi connectivity index (χ1) is 7.61. The van der Waals surface area contributed by atoms with Gasteiger partial charge < -0.3 is 9.15 Å². The summed E-state index contributed by atoms with van der Waals surface area (Å²) in [5, 5.41) is 0. The molecule has 2 rings (SSSR count). The standard InChI is InChI=1S/C12H12BrNO2/c1-7-8(2)16-12(14-7)9-4-5-11(15-3)10(13)6-9/h4-6H,1-3H3. The Morgan fingerprint density at radius 1 is 1.31 bits per heavy atom. The topological polar surface area (TPSA) is 35.3 Å². The van der Waals surface area contributed by atoms with E-state index < -0.39 is 0 Å². The van der Waals surface area contributed by atoms with E-state index >= 15 is 0 Å². The molecule has 84 valence electrons. The van der Waals surface area contributed by atoms with E-state index in [4.69, 9.17) is 9.15 Å². The molecule has 1 heterocycles. The molecule has 0 aliphatic rings. The van der Waals surface area contributed by atoms with Crippen LogP contribution in [0.15, 0.2) is 27.1 Å². The summed E-state index contributed by atoms with van der Waals surface area (Å²) in [4.78, 5) is 4.35. The van der Waals surface area contributed by atoms with Gasteiger partial charge in [0.25, 0.3) is 0 Å². The third kappa shape index (κ3) is 1.97. The number of oxazole rings is 1. The Bertz CT molecular complexity index is 500. The van der Waals surface area contributed by atoms with Gasteiger partial charge in [-0.2, -0.15) is 0 Å². The van der Waals surface area contributed by atoms with Crippen LogP contribution in [-0.4, -0.2) is 12.1 Å². The summed E-state index contributed by atoms with van der Waals surface area (Å²) in [5.41, 5.74) is 1.85. The lowest BCUT2D eigenvalue weighted by Gasteiger charge is -2.03. The van der Waals surface area contributed by atoms with Gasteiger partial charge in [0.05, 0.1) is 17.3 Å². The number of halogens is 1. The predicted molar refractivity (Wildman–Crippen MR) is 65.7 cm³/mol. The molecule has 0 saturated heterocycles. The molecular formula is C12H12BrNO2. The molecule has 0 saturated carbocycles. The molecule has 1 aromatic carbocycles. The molecule has 0 amide bonds. The van der Waals surface area contributed by atoms with Crippen LogP contribution in [0.2, 0.25) is 0 Å². The van der Waals surface area contributed by atoms with Crippen molar-refractivity contribution in [1.29, 1.82) is 0 Å². The first-order valence-electron chi connectivity index (χ1n) is 4.89. The molecule has 0 aliphatic carbocycles. The van der Waals surface area contributed by atoms with Gasteiger partial charge in [-0.15, -0.1) is 0 Å². The van der Waals surface area contributed by atoms with Crippen molar-refractivity contribution in [2.75, 3.05) is 7.11 Å². The van der Waals surface area contributed by atoms with E-state index in [0.717, 1.165) is 27.2 Å². The van der Waals surface area contributed by atoms with E-state index in [1.807, 2.05) is 32.0 Å². The van der Waals surface area contributed by atoms with Crippen molar-refractivity contribution >= 4 is 15.9 Å². The minimum Gasteiger partial charge on any atom is -0.496 e. The van der Waals surface area contributed by atoms with Gasteiger partial charge in [0.2, 0.25) is 5.89 Å². The first-order valence-corrected chi connectivity index (χ1v) is 5.69. The number of methoxy groups -OCH3 is 1. The number of hydrogen-bond donors (Lipinski definition) is 0. The van der Waals surface area contributed by atoms with Gasteiger partial charge in [0, 0.05) is 5.56 Å². The van der Waals surface area contributed by atoms with Crippen molar-refractivity contribution < 1.29 is 9.15 Å². The molecule has 2 aromatic rings. The van der Waals surface area contributed by atoms with Gasteiger partial charge in [0.1, 0.15) is 11.5 Å². The zero-order valence-electron chi connectivity index (χ0n) is 9.37. The van der Waals surface area contributed by atoms with Gasteiger partial charge in [-0.05, 0) is 48.0 Å². The van der Waals surface area contributed by atoms with E-state index in [-0.39, 0.29) is 0 Å². The highest BCUT2D eigenvalue weighted by Gasteiger charge is 2.10. The van der Waals surface area contributed by atoms with Crippen LogP contribution < -0.4 is 4.74 Å². The molecule has 0 N–H and O–H groups in total. The highest BCUT2D eigenvalue weighted by molar-refractivity contribution is 9.10. The number of aromatic nitrogens is 1. The second kappa shape index (κ2) is 4.29. The SMILES string of the molecule is COc1ccc(-c2nc(C)c(C)o2)cc1Br. The summed E-state index contributed by atoms with van der Waals surface area (Å²) in [7, 11) is 1.64. The molecule has 0 fully saturated rings. The third-order valence-electron chi connectivity index (χ3n) is 2.43. The van der Waals surface area contributed by atoms with Gasteiger partial charge in [-0.25, -0.2) is 4.98 Å². The molecular weight excluding hydrogens is 270 g/mol. The summed E-state index contributed by atoms with van der Waals surface area (Å²) >= 11 is 3.44. The summed E-state index contributed by atoms with van der Waals surface area (Å²) < 4.78 is 11.6. The Labute approximate surface area is 103 Å². The van der Waals surface area contributed by atoms with Crippen LogP contribution in [0.1, 0.15) is 11.5 Å². The molecule has 0 unspecified atom stereocenters. The number of benzene rings is 1. The van der Waals surface area contributed by atoms with Crippen LogP contribution in [-0.2, 0) is 0 Å². The van der Waals surface area contributed by atoms with Crippen molar-refractivity contribution in [3.05, 3.63) is 34.1 Å². The Morgan fingerprint density at radius 3 is 2.56 bits per heavy atom. The lowest BCUT2D eigenvalue weighted by Crippen LogP contribution is -1.85. The van der Waals surface area contributed by atoms with Gasteiger partial charge in [-0.1, -0.05) is 0 Å². The van der Waals surface area contributed by atoms with Gasteiger partial charge in [-0.3, -0.25) is 0 Å². The fourth-order valence-corrected chi connectivity index (χ4v) is 1.94. The van der Waals surface area contributed by atoms with Crippen LogP contribution in [0.3, 0.4) is 0 Å². The van der Waals surface area contributed by atoms with Gasteiger partial charge in [0.15, 0.2) is 0 Å². The van der Waals surface area contributed by atoms with Crippen molar-refractivity contribution in [1.82, 2.24) is 4.98 Å². The van der Waals surface area contributed by atoms with E-state index in [1.165, 1.54) is 0 Å². The monoisotopic (exact) mass is 281 g/mol. The lowest BCUT2D eigenvalue weighted by atomic mass is 10.2. The van der Waals surface area contributed by atoms with E-state index in [9.17, 15) is 0 Å². The largest absolute Gasteiger partial charge is 0.496 e. The quantitative estimate of drug-likeness (QED) is 0.841. The highest BCUT2D eigenvalue weighted by Crippen LogP contribution is 2.30. The maximum absolute atomic E-state index is 5.56. The second-order valence-corrected chi connectivity index (χ2v) is 4.36. The smallest absolute Gasteiger partial charge is 0.226 e. The van der Waals surface area contributed by atoms with E-state index in [0.29, 0.717) is 5.89 Å². The van der Waals surface area contributed by atoms with Crippen LogP contribution >= 0.6 is 15.9 Å². The third-order valence-corrected chi connectivity index (χ3v) is 3.05. The minimum absolute atomic E-state index is 0.637. The average molecular weight is 282 g/mol. The molecule has 1 aromatic heterocycles. The molecule has 0 bridgehead atoms. The number of aryl methyl sites for hydroxylation is 2. The summed E-state index contributed by atoms with van der Waals surface area (Å²) in [6, 6.07) is 5.74. The first kappa shape index (κ1) is 11.2. The van der Waals surface area contributed by atoms with Crippen LogP contribution in [0.4, 0.5) is 0 Å². The predicted octanol–water partition coefficient (Wildman–Crippen LogP) is 3.73. The van der Waals surface area contributed by atoms with Crippen LogP contribution in [0, 0.1) is 13.8 Å². The fraction of sp³-hybridized carbons (Fsp3) is 0.250. The molecule has 0 radical (unpaired) electrons. The molecule has 0 aliphatic heterocycles. The number of hydrogen-bond acceptors (Lipinski definition) is 3. The van der Waals surface area contributed by atoms with Crippen molar-refractivity contribution in [2.24, 2.45) is 0 Å². The maximum Gasteiger partial charge on any atom is 0.226 e. The van der Waals surface area contributed by atoms with E-state index in [2.05, 4.69) is 20.9 Å². The van der Waals surface area contributed by atoms with Crippen molar-refractivity contribution in [3.63, 3.8) is 0 Å². The van der Waals surface area contributed by atoms with E-state index in [1.54, 1.807) is 7.11 Å². The summed E-state index contributed by atoms with van der Waals surface area (Å²) in [6.07, 6.45) is 0. The summed E-state index contributed by atoms with van der Waals surface area (Å²) in [5.74, 6) is 2.28. The molecule has 3 nitrogen and oxygen atoms in total. The summed E-state index contributed by atoms with van der Waals surface area (Å²) in [6.45, 7) is 3.84. The van der Waals surface area contributed by atoms with Crippen molar-refractivity contribution in [3.8, 4) is 17.2 Å². The number of nitrogens with zero attached hydrogens (tertiary/aromatic N) is 1. The molecule has 4 heteroatoms. The maximum atomic E-state index is 5.56. The normalized spacial score (nSPS) is 10.5. The van der Waals surface area contributed by atoms with Crippen LogP contribution in [0.25, 0.3) is 11.5 Å². The van der Waals surface area contributed by atoms with Gasteiger partial charge >= 0.3 is 0 Å². The fourth-order valence-electron chi connectivity index (χ4n) is 1.40. The average Bonchev–Trinajstić information content (AvgIpc) is 2.59.